The van der Waals surface area contributed by atoms with Crippen LogP contribution in [-0.2, 0) is 13.2 Å². The van der Waals surface area contributed by atoms with Crippen LogP contribution in [0.15, 0.2) is 36.5 Å². The van der Waals surface area contributed by atoms with E-state index in [1.54, 1.807) is 18.3 Å². The van der Waals surface area contributed by atoms with Gasteiger partial charge in [0.25, 0.3) is 0 Å². The second kappa shape index (κ2) is 6.75. The highest BCUT2D eigenvalue weighted by atomic mass is 35.5. The van der Waals surface area contributed by atoms with Crippen molar-refractivity contribution in [2.45, 2.75) is 13.2 Å². The molecule has 19 heavy (non-hydrogen) atoms. The van der Waals surface area contributed by atoms with Gasteiger partial charge in [-0.05, 0) is 31.3 Å². The largest absolute Gasteiger partial charge is 0.487 e. The van der Waals surface area contributed by atoms with Crippen LogP contribution in [0.25, 0.3) is 0 Å². The number of halogens is 2. The van der Waals surface area contributed by atoms with E-state index in [0.29, 0.717) is 22.4 Å². The van der Waals surface area contributed by atoms with E-state index >= 15 is 0 Å². The lowest BCUT2D eigenvalue weighted by atomic mass is 10.2. The van der Waals surface area contributed by atoms with Crippen molar-refractivity contribution < 1.29 is 4.74 Å². The summed E-state index contributed by atoms with van der Waals surface area (Å²) in [5.74, 6) is 0.691. The first-order valence-electron chi connectivity index (χ1n) is 5.86. The Morgan fingerprint density at radius 3 is 2.47 bits per heavy atom. The van der Waals surface area contributed by atoms with Crippen LogP contribution in [0.1, 0.15) is 11.3 Å². The molecule has 100 valence electrons. The SMILES string of the molecule is CNCc1ccc(OCc2c(Cl)cccc2Cl)cn1. The van der Waals surface area contributed by atoms with E-state index < -0.39 is 0 Å². The van der Waals surface area contributed by atoms with Crippen molar-refractivity contribution in [3.63, 3.8) is 0 Å². The van der Waals surface area contributed by atoms with Crippen LogP contribution in [0, 0.1) is 0 Å². The Hall–Kier alpha value is -1.29. The number of pyridine rings is 1. The minimum atomic E-state index is 0.325. The molecule has 0 aliphatic heterocycles. The second-order valence-corrected chi connectivity index (χ2v) is 4.82. The predicted molar refractivity (Wildman–Crippen MR) is 77.8 cm³/mol. The Balaban J connectivity index is 2.02. The molecule has 0 atom stereocenters. The molecule has 0 unspecified atom stereocenters. The van der Waals surface area contributed by atoms with Gasteiger partial charge in [0.15, 0.2) is 0 Å². The molecule has 2 rings (SSSR count). The Morgan fingerprint density at radius 1 is 1.16 bits per heavy atom. The maximum absolute atomic E-state index is 6.07. The number of hydrogen-bond acceptors (Lipinski definition) is 3. The maximum atomic E-state index is 6.07. The van der Waals surface area contributed by atoms with Crippen molar-refractivity contribution >= 4 is 23.2 Å². The summed E-state index contributed by atoms with van der Waals surface area (Å²) in [4.78, 5) is 4.27. The number of nitrogens with zero attached hydrogens (tertiary/aromatic N) is 1. The first-order chi connectivity index (χ1) is 9.20. The number of rotatable bonds is 5. The molecule has 3 nitrogen and oxygen atoms in total. The highest BCUT2D eigenvalue weighted by Crippen LogP contribution is 2.25. The van der Waals surface area contributed by atoms with Gasteiger partial charge in [-0.1, -0.05) is 29.3 Å². The fourth-order valence-electron chi connectivity index (χ4n) is 1.61. The third-order valence-corrected chi connectivity index (χ3v) is 3.31. The molecule has 1 aromatic carbocycles. The molecule has 0 aliphatic rings. The molecule has 0 fully saturated rings. The van der Waals surface area contributed by atoms with Crippen LogP contribution in [0.5, 0.6) is 5.75 Å². The molecule has 0 bridgehead atoms. The van der Waals surface area contributed by atoms with E-state index in [9.17, 15) is 0 Å². The maximum Gasteiger partial charge on any atom is 0.138 e. The smallest absolute Gasteiger partial charge is 0.138 e. The van der Waals surface area contributed by atoms with Gasteiger partial charge in [-0.25, -0.2) is 0 Å². The second-order valence-electron chi connectivity index (χ2n) is 4.00. The van der Waals surface area contributed by atoms with Gasteiger partial charge in [-0.2, -0.15) is 0 Å². The quantitative estimate of drug-likeness (QED) is 0.914. The van der Waals surface area contributed by atoms with E-state index in [-0.39, 0.29) is 0 Å². The fourth-order valence-corrected chi connectivity index (χ4v) is 2.11. The van der Waals surface area contributed by atoms with Crippen LogP contribution in [0.2, 0.25) is 10.0 Å². The molecule has 0 radical (unpaired) electrons. The van der Waals surface area contributed by atoms with Gasteiger partial charge in [-0.15, -0.1) is 0 Å². The molecule has 1 heterocycles. The highest BCUT2D eigenvalue weighted by molar-refractivity contribution is 6.35. The van der Waals surface area contributed by atoms with Crippen molar-refractivity contribution in [3.05, 3.63) is 57.8 Å². The van der Waals surface area contributed by atoms with E-state index in [1.165, 1.54) is 0 Å². The number of aromatic nitrogens is 1. The normalized spacial score (nSPS) is 10.5. The molecule has 1 aromatic heterocycles. The first kappa shape index (κ1) is 14.1. The van der Waals surface area contributed by atoms with Crippen molar-refractivity contribution in [2.75, 3.05) is 7.05 Å². The summed E-state index contributed by atoms with van der Waals surface area (Å²) in [7, 11) is 1.88. The zero-order valence-corrected chi connectivity index (χ0v) is 12.0. The minimum Gasteiger partial charge on any atom is -0.487 e. The molecule has 0 amide bonds. The van der Waals surface area contributed by atoms with Crippen LogP contribution < -0.4 is 10.1 Å². The standard InChI is InChI=1S/C14H14Cl2N2O/c1-17-7-10-5-6-11(8-18-10)19-9-12-13(15)3-2-4-14(12)16/h2-6,8,17H,7,9H2,1H3. The van der Waals surface area contributed by atoms with Crippen molar-refractivity contribution in [2.24, 2.45) is 0 Å². The average molecular weight is 297 g/mol. The van der Waals surface area contributed by atoms with Crippen LogP contribution >= 0.6 is 23.2 Å². The fraction of sp³-hybridized carbons (Fsp3) is 0.214. The molecule has 0 aliphatic carbocycles. The molecule has 0 saturated heterocycles. The minimum absolute atomic E-state index is 0.325. The van der Waals surface area contributed by atoms with Gasteiger partial charge in [0, 0.05) is 22.2 Å². The van der Waals surface area contributed by atoms with E-state index in [0.717, 1.165) is 17.8 Å². The van der Waals surface area contributed by atoms with Gasteiger partial charge in [-0.3, -0.25) is 4.98 Å². The lowest BCUT2D eigenvalue weighted by Gasteiger charge is -2.09. The van der Waals surface area contributed by atoms with Gasteiger partial charge in [0.05, 0.1) is 11.9 Å². The van der Waals surface area contributed by atoms with Gasteiger partial charge < -0.3 is 10.1 Å². The number of nitrogens with one attached hydrogen (secondary N) is 1. The lowest BCUT2D eigenvalue weighted by Crippen LogP contribution is -2.06. The zero-order chi connectivity index (χ0) is 13.7. The van der Waals surface area contributed by atoms with Crippen LogP contribution in [-0.4, -0.2) is 12.0 Å². The van der Waals surface area contributed by atoms with E-state index in [2.05, 4.69) is 10.3 Å². The van der Waals surface area contributed by atoms with Gasteiger partial charge in [0.2, 0.25) is 0 Å². The van der Waals surface area contributed by atoms with E-state index in [4.69, 9.17) is 27.9 Å². The number of hydrogen-bond donors (Lipinski definition) is 1. The number of benzene rings is 1. The molecule has 1 N–H and O–H groups in total. The highest BCUT2D eigenvalue weighted by Gasteiger charge is 2.06. The van der Waals surface area contributed by atoms with Crippen molar-refractivity contribution in [1.82, 2.24) is 10.3 Å². The Bertz CT molecular complexity index is 523. The summed E-state index contributed by atoms with van der Waals surface area (Å²) in [6.45, 7) is 1.06. The Morgan fingerprint density at radius 2 is 1.89 bits per heavy atom. The number of ether oxygens (including phenoxy) is 1. The lowest BCUT2D eigenvalue weighted by molar-refractivity contribution is 0.305. The summed E-state index contributed by atoms with van der Waals surface area (Å²) in [5, 5.41) is 4.25. The van der Waals surface area contributed by atoms with E-state index in [1.807, 2.05) is 25.2 Å². The third-order valence-electron chi connectivity index (χ3n) is 2.60. The monoisotopic (exact) mass is 296 g/mol. The van der Waals surface area contributed by atoms with Crippen molar-refractivity contribution in [1.29, 1.82) is 0 Å². The summed E-state index contributed by atoms with van der Waals surface area (Å²) in [6, 6.07) is 9.19. The topological polar surface area (TPSA) is 34.1 Å². The zero-order valence-electron chi connectivity index (χ0n) is 10.5. The van der Waals surface area contributed by atoms with Crippen LogP contribution in [0.4, 0.5) is 0 Å². The molecule has 0 spiro atoms. The predicted octanol–water partition coefficient (Wildman–Crippen LogP) is 3.69. The first-order valence-corrected chi connectivity index (χ1v) is 6.61. The summed E-state index contributed by atoms with van der Waals surface area (Å²) < 4.78 is 5.64. The average Bonchev–Trinajstić information content (AvgIpc) is 2.40. The van der Waals surface area contributed by atoms with Crippen molar-refractivity contribution in [3.8, 4) is 5.75 Å². The summed E-state index contributed by atoms with van der Waals surface area (Å²) in [5.41, 5.74) is 1.75. The molecule has 5 heteroatoms. The summed E-state index contributed by atoms with van der Waals surface area (Å²) in [6.07, 6.45) is 1.69. The molecule has 2 aromatic rings. The van der Waals surface area contributed by atoms with Gasteiger partial charge in [0.1, 0.15) is 12.4 Å². The Kier molecular flexibility index (Phi) is 5.02. The molecular weight excluding hydrogens is 283 g/mol. The molecular formula is C14H14Cl2N2O. The molecule has 0 saturated carbocycles. The third kappa shape index (κ3) is 3.83. The van der Waals surface area contributed by atoms with Crippen LogP contribution in [0.3, 0.4) is 0 Å². The Labute approximate surface area is 122 Å². The van der Waals surface area contributed by atoms with Gasteiger partial charge >= 0.3 is 0 Å². The summed E-state index contributed by atoms with van der Waals surface area (Å²) >= 11 is 12.1.